The van der Waals surface area contributed by atoms with E-state index >= 15 is 0 Å². The highest BCUT2D eigenvalue weighted by molar-refractivity contribution is 4.76. The summed E-state index contributed by atoms with van der Waals surface area (Å²) in [5.74, 6) is 0. The van der Waals surface area contributed by atoms with Crippen LogP contribution in [0.25, 0.3) is 0 Å². The molecule has 4 nitrogen and oxygen atoms in total. The molecule has 1 rings (SSSR count). The van der Waals surface area contributed by atoms with E-state index in [2.05, 4.69) is 18.7 Å². The minimum absolute atomic E-state index is 0.301. The summed E-state index contributed by atoms with van der Waals surface area (Å²) < 4.78 is 5.60. The minimum Gasteiger partial charge on any atom is -0.356 e. The van der Waals surface area contributed by atoms with Gasteiger partial charge < -0.3 is 9.84 Å². The molecule has 0 aromatic carbocycles. The number of piperazine rings is 1. The van der Waals surface area contributed by atoms with Gasteiger partial charge in [0, 0.05) is 32.2 Å². The van der Waals surface area contributed by atoms with Gasteiger partial charge in [-0.25, -0.2) is 0 Å². The molecule has 1 aliphatic heterocycles. The fourth-order valence-corrected chi connectivity index (χ4v) is 2.47. The molecule has 0 radical (unpaired) electrons. The summed E-state index contributed by atoms with van der Waals surface area (Å²) in [5, 5.41) is 10.1. The summed E-state index contributed by atoms with van der Waals surface area (Å²) in [6.07, 6.45) is 3.07. The van der Waals surface area contributed by atoms with Gasteiger partial charge in [-0.15, -0.1) is 0 Å². The maximum Gasteiger partial charge on any atom is 0.216 e. The van der Waals surface area contributed by atoms with Crippen molar-refractivity contribution < 1.29 is 9.84 Å². The normalized spacial score (nSPS) is 22.4. The Morgan fingerprint density at radius 1 is 1.11 bits per heavy atom. The van der Waals surface area contributed by atoms with Crippen LogP contribution in [-0.2, 0) is 4.74 Å². The van der Waals surface area contributed by atoms with Crippen LogP contribution >= 0.6 is 0 Å². The number of hydrogen-bond donors (Lipinski definition) is 1. The zero-order valence-corrected chi connectivity index (χ0v) is 13.4. The first kappa shape index (κ1) is 16.9. The first-order chi connectivity index (χ1) is 8.83. The lowest BCUT2D eigenvalue weighted by atomic mass is 10.1. The second kappa shape index (κ2) is 7.58. The summed E-state index contributed by atoms with van der Waals surface area (Å²) in [4.78, 5) is 4.55. The highest BCUT2D eigenvalue weighted by Gasteiger charge is 2.27. The van der Waals surface area contributed by atoms with E-state index in [4.69, 9.17) is 4.74 Å². The van der Waals surface area contributed by atoms with Gasteiger partial charge in [0.05, 0.1) is 5.60 Å². The number of ether oxygens (including phenoxy) is 1. The lowest BCUT2D eigenvalue weighted by Gasteiger charge is -2.41. The van der Waals surface area contributed by atoms with Crippen LogP contribution in [0.5, 0.6) is 0 Å². The zero-order chi connectivity index (χ0) is 14.5. The monoisotopic (exact) mass is 272 g/mol. The highest BCUT2D eigenvalue weighted by Crippen LogP contribution is 2.16. The first-order valence-corrected chi connectivity index (χ1v) is 7.67. The number of hydrogen-bond acceptors (Lipinski definition) is 4. The lowest BCUT2D eigenvalue weighted by Crippen LogP contribution is -2.54. The Kier molecular flexibility index (Phi) is 6.74. The van der Waals surface area contributed by atoms with E-state index in [9.17, 15) is 5.11 Å². The van der Waals surface area contributed by atoms with Crippen molar-refractivity contribution >= 4 is 0 Å². The standard InChI is InChI=1S/C15H32N2O2/c1-6-7-8-13(2)16-9-11-17(12-10-16)14(18)19-15(3,4)5/h13-14,18H,6-12H2,1-5H3. The zero-order valence-electron chi connectivity index (χ0n) is 13.4. The first-order valence-electron chi connectivity index (χ1n) is 7.67. The molecule has 2 atom stereocenters. The van der Waals surface area contributed by atoms with Crippen LogP contribution in [0.3, 0.4) is 0 Å². The summed E-state index contributed by atoms with van der Waals surface area (Å²) in [6.45, 7) is 14.3. The Morgan fingerprint density at radius 3 is 2.11 bits per heavy atom. The predicted octanol–water partition coefficient (Wildman–Crippen LogP) is 2.27. The summed E-state index contributed by atoms with van der Waals surface area (Å²) in [6, 6.07) is 0.655. The Hall–Kier alpha value is -0.160. The van der Waals surface area contributed by atoms with Crippen LogP contribution < -0.4 is 0 Å². The van der Waals surface area contributed by atoms with E-state index in [0.29, 0.717) is 6.04 Å². The molecule has 0 spiro atoms. The van der Waals surface area contributed by atoms with E-state index in [-0.39, 0.29) is 5.60 Å². The Bertz CT molecular complexity index is 245. The van der Waals surface area contributed by atoms with Crippen LogP contribution in [0.15, 0.2) is 0 Å². The maximum absolute atomic E-state index is 10.1. The fourth-order valence-electron chi connectivity index (χ4n) is 2.47. The molecule has 2 unspecified atom stereocenters. The van der Waals surface area contributed by atoms with Crippen molar-refractivity contribution in [2.45, 2.75) is 71.9 Å². The lowest BCUT2D eigenvalue weighted by molar-refractivity contribution is -0.244. The largest absolute Gasteiger partial charge is 0.356 e. The van der Waals surface area contributed by atoms with Gasteiger partial charge in [-0.2, -0.15) is 0 Å². The van der Waals surface area contributed by atoms with Crippen LogP contribution in [0, 0.1) is 0 Å². The molecular formula is C15H32N2O2. The number of rotatable bonds is 6. The molecule has 0 aromatic heterocycles. The average Bonchev–Trinajstić information content (AvgIpc) is 2.34. The van der Waals surface area contributed by atoms with Crippen molar-refractivity contribution in [3.8, 4) is 0 Å². The van der Waals surface area contributed by atoms with Gasteiger partial charge in [-0.1, -0.05) is 19.8 Å². The van der Waals surface area contributed by atoms with E-state index in [1.165, 1.54) is 19.3 Å². The number of aliphatic hydroxyl groups excluding tert-OH is 1. The molecule has 0 aliphatic carbocycles. The molecule has 0 bridgehead atoms. The van der Waals surface area contributed by atoms with E-state index < -0.39 is 6.41 Å². The molecule has 0 saturated carbocycles. The average molecular weight is 272 g/mol. The number of unbranched alkanes of at least 4 members (excludes halogenated alkanes) is 1. The van der Waals surface area contributed by atoms with Crippen LogP contribution in [0.2, 0.25) is 0 Å². The van der Waals surface area contributed by atoms with Gasteiger partial charge in [0.2, 0.25) is 6.41 Å². The van der Waals surface area contributed by atoms with Crippen LogP contribution in [-0.4, -0.2) is 59.1 Å². The molecule has 1 N–H and O–H groups in total. The molecule has 4 heteroatoms. The number of aliphatic hydroxyl groups is 1. The number of nitrogens with zero attached hydrogens (tertiary/aromatic N) is 2. The third-order valence-corrected chi connectivity index (χ3v) is 3.72. The Balaban J connectivity index is 2.32. The molecule has 0 amide bonds. The van der Waals surface area contributed by atoms with Crippen LogP contribution in [0.4, 0.5) is 0 Å². The molecule has 0 aromatic rings. The molecule has 19 heavy (non-hydrogen) atoms. The van der Waals surface area contributed by atoms with Gasteiger partial charge in [0.1, 0.15) is 0 Å². The van der Waals surface area contributed by atoms with E-state index in [1.807, 2.05) is 25.7 Å². The smallest absolute Gasteiger partial charge is 0.216 e. The van der Waals surface area contributed by atoms with Gasteiger partial charge >= 0.3 is 0 Å². The maximum atomic E-state index is 10.1. The summed E-state index contributed by atoms with van der Waals surface area (Å²) >= 11 is 0. The molecule has 1 fully saturated rings. The van der Waals surface area contributed by atoms with E-state index in [1.54, 1.807) is 0 Å². The van der Waals surface area contributed by atoms with E-state index in [0.717, 1.165) is 26.2 Å². The summed E-state index contributed by atoms with van der Waals surface area (Å²) in [7, 11) is 0. The molecule has 1 saturated heterocycles. The minimum atomic E-state index is -0.770. The predicted molar refractivity (Wildman–Crippen MR) is 79.0 cm³/mol. The fraction of sp³-hybridized carbons (Fsp3) is 1.00. The Labute approximate surface area is 118 Å². The molecular weight excluding hydrogens is 240 g/mol. The SMILES string of the molecule is CCCCC(C)N1CCN(C(O)OC(C)(C)C)CC1. The third kappa shape index (κ3) is 6.21. The van der Waals surface area contributed by atoms with Crippen molar-refractivity contribution in [1.29, 1.82) is 0 Å². The quantitative estimate of drug-likeness (QED) is 0.753. The van der Waals surface area contributed by atoms with Crippen molar-refractivity contribution in [3.63, 3.8) is 0 Å². The third-order valence-electron chi connectivity index (χ3n) is 3.72. The second-order valence-corrected chi connectivity index (χ2v) is 6.62. The van der Waals surface area contributed by atoms with Gasteiger partial charge in [-0.05, 0) is 34.1 Å². The van der Waals surface area contributed by atoms with Crippen LogP contribution in [0.1, 0.15) is 53.9 Å². The topological polar surface area (TPSA) is 35.9 Å². The van der Waals surface area contributed by atoms with Crippen molar-refractivity contribution in [1.82, 2.24) is 9.80 Å². The highest BCUT2D eigenvalue weighted by atomic mass is 16.6. The summed E-state index contributed by atoms with van der Waals surface area (Å²) in [5.41, 5.74) is -0.301. The van der Waals surface area contributed by atoms with Crippen molar-refractivity contribution in [2.75, 3.05) is 26.2 Å². The second-order valence-electron chi connectivity index (χ2n) is 6.62. The molecule has 1 aliphatic rings. The molecule has 114 valence electrons. The Morgan fingerprint density at radius 2 is 1.63 bits per heavy atom. The van der Waals surface area contributed by atoms with Crippen molar-refractivity contribution in [2.24, 2.45) is 0 Å². The van der Waals surface area contributed by atoms with Crippen molar-refractivity contribution in [3.05, 3.63) is 0 Å². The van der Waals surface area contributed by atoms with Gasteiger partial charge in [0.25, 0.3) is 0 Å². The van der Waals surface area contributed by atoms with Gasteiger partial charge in [0.15, 0.2) is 0 Å². The van der Waals surface area contributed by atoms with Gasteiger partial charge in [-0.3, -0.25) is 9.80 Å². The molecule has 1 heterocycles.